The summed E-state index contributed by atoms with van der Waals surface area (Å²) in [6.07, 6.45) is 3.01. The summed E-state index contributed by atoms with van der Waals surface area (Å²) >= 11 is 0. The summed E-state index contributed by atoms with van der Waals surface area (Å²) in [5.74, 6) is 0. The van der Waals surface area contributed by atoms with Crippen LogP contribution in [0.25, 0.3) is 0 Å². The Labute approximate surface area is 150 Å². The molecule has 2 amide bonds. The van der Waals surface area contributed by atoms with Crippen LogP contribution in [0.3, 0.4) is 0 Å². The standard InChI is InChI=1S/C19H30N4O2/c1-2-22-11-13-23(14-12-22)18-6-4-3-5-17(18)21-19(25)20-15-7-9-16(24)10-8-15/h3-6,15-16,24H,2,7-14H2,1H3,(H2,20,21,25). The fourth-order valence-electron chi connectivity index (χ4n) is 3.72. The van der Waals surface area contributed by atoms with E-state index >= 15 is 0 Å². The van der Waals surface area contributed by atoms with Crippen LogP contribution in [0, 0.1) is 0 Å². The van der Waals surface area contributed by atoms with Gasteiger partial charge in [0.05, 0.1) is 17.5 Å². The van der Waals surface area contributed by atoms with Crippen LogP contribution in [0.15, 0.2) is 24.3 Å². The Balaban J connectivity index is 1.58. The molecule has 1 aliphatic carbocycles. The van der Waals surface area contributed by atoms with Crippen molar-refractivity contribution >= 4 is 17.4 Å². The van der Waals surface area contributed by atoms with Crippen LogP contribution < -0.4 is 15.5 Å². The highest BCUT2D eigenvalue weighted by Gasteiger charge is 2.22. The number of aliphatic hydroxyl groups excluding tert-OH is 1. The number of hydrogen-bond donors (Lipinski definition) is 3. The Morgan fingerprint density at radius 2 is 1.80 bits per heavy atom. The summed E-state index contributed by atoms with van der Waals surface area (Å²) in [6, 6.07) is 8.02. The molecule has 2 aliphatic rings. The Hall–Kier alpha value is -1.79. The number of piperazine rings is 1. The Kier molecular flexibility index (Phi) is 6.15. The summed E-state index contributed by atoms with van der Waals surface area (Å²) in [6.45, 7) is 7.36. The van der Waals surface area contributed by atoms with E-state index in [0.29, 0.717) is 0 Å². The van der Waals surface area contributed by atoms with Crippen LogP contribution in [0.5, 0.6) is 0 Å². The summed E-state index contributed by atoms with van der Waals surface area (Å²) in [4.78, 5) is 17.2. The number of rotatable bonds is 4. The van der Waals surface area contributed by atoms with Gasteiger partial charge in [-0.2, -0.15) is 0 Å². The van der Waals surface area contributed by atoms with Gasteiger partial charge in [-0.25, -0.2) is 4.79 Å². The lowest BCUT2D eigenvalue weighted by molar-refractivity contribution is 0.118. The average molecular weight is 346 g/mol. The molecule has 3 N–H and O–H groups in total. The number of nitrogens with one attached hydrogen (secondary N) is 2. The maximum atomic E-state index is 12.4. The third-order valence-electron chi connectivity index (χ3n) is 5.34. The number of hydrogen-bond acceptors (Lipinski definition) is 4. The van der Waals surface area contributed by atoms with Crippen LogP contribution in [-0.2, 0) is 0 Å². The highest BCUT2D eigenvalue weighted by Crippen LogP contribution is 2.27. The second-order valence-corrected chi connectivity index (χ2v) is 7.04. The zero-order chi connectivity index (χ0) is 17.6. The number of carbonyl (C=O) groups excluding carboxylic acids is 1. The largest absolute Gasteiger partial charge is 0.393 e. The number of aliphatic hydroxyl groups is 1. The van der Waals surface area contributed by atoms with Crippen molar-refractivity contribution in [1.29, 1.82) is 0 Å². The SMILES string of the molecule is CCN1CCN(c2ccccc2NC(=O)NC2CCC(O)CC2)CC1. The molecule has 0 radical (unpaired) electrons. The number of anilines is 2. The molecule has 1 aromatic rings. The Morgan fingerprint density at radius 3 is 2.48 bits per heavy atom. The summed E-state index contributed by atoms with van der Waals surface area (Å²) < 4.78 is 0. The lowest BCUT2D eigenvalue weighted by Gasteiger charge is -2.36. The van der Waals surface area contributed by atoms with E-state index in [1.165, 1.54) is 0 Å². The predicted octanol–water partition coefficient (Wildman–Crippen LogP) is 2.25. The monoisotopic (exact) mass is 346 g/mol. The molecule has 0 bridgehead atoms. The average Bonchev–Trinajstić information content (AvgIpc) is 2.64. The van der Waals surface area contributed by atoms with E-state index in [9.17, 15) is 9.90 Å². The summed E-state index contributed by atoms with van der Waals surface area (Å²) in [5, 5.41) is 15.6. The Morgan fingerprint density at radius 1 is 1.12 bits per heavy atom. The molecule has 1 aromatic carbocycles. The number of nitrogens with zero attached hydrogens (tertiary/aromatic N) is 2. The second kappa shape index (κ2) is 8.54. The zero-order valence-electron chi connectivity index (χ0n) is 15.1. The number of benzene rings is 1. The minimum Gasteiger partial charge on any atom is -0.393 e. The first kappa shape index (κ1) is 18.0. The van der Waals surface area contributed by atoms with Crippen molar-refractivity contribution in [2.24, 2.45) is 0 Å². The van der Waals surface area contributed by atoms with Gasteiger partial charge in [-0.3, -0.25) is 0 Å². The van der Waals surface area contributed by atoms with Crippen LogP contribution in [0.4, 0.5) is 16.2 Å². The molecule has 0 unspecified atom stereocenters. The van der Waals surface area contributed by atoms with Crippen LogP contribution in [-0.4, -0.2) is 60.9 Å². The van der Waals surface area contributed by atoms with Crippen LogP contribution in [0.1, 0.15) is 32.6 Å². The van der Waals surface area contributed by atoms with Crippen molar-refractivity contribution in [3.63, 3.8) is 0 Å². The van der Waals surface area contributed by atoms with Gasteiger partial charge in [0.2, 0.25) is 0 Å². The third-order valence-corrected chi connectivity index (χ3v) is 5.34. The van der Waals surface area contributed by atoms with Gasteiger partial charge in [-0.1, -0.05) is 19.1 Å². The number of para-hydroxylation sites is 2. The third kappa shape index (κ3) is 4.86. The molecule has 2 fully saturated rings. The first-order valence-electron chi connectivity index (χ1n) is 9.47. The van der Waals surface area contributed by atoms with Crippen molar-refractivity contribution < 1.29 is 9.90 Å². The van der Waals surface area contributed by atoms with Crippen molar-refractivity contribution in [1.82, 2.24) is 10.2 Å². The molecule has 0 atom stereocenters. The highest BCUT2D eigenvalue weighted by molar-refractivity contribution is 5.93. The van der Waals surface area contributed by atoms with Crippen molar-refractivity contribution in [2.75, 3.05) is 42.9 Å². The molecular weight excluding hydrogens is 316 g/mol. The first-order valence-corrected chi connectivity index (χ1v) is 9.47. The van der Waals surface area contributed by atoms with E-state index in [1.807, 2.05) is 18.2 Å². The van der Waals surface area contributed by atoms with E-state index in [1.54, 1.807) is 0 Å². The van der Waals surface area contributed by atoms with Crippen LogP contribution >= 0.6 is 0 Å². The molecule has 0 aromatic heterocycles. The van der Waals surface area contributed by atoms with Gasteiger partial charge < -0.3 is 25.5 Å². The van der Waals surface area contributed by atoms with E-state index in [-0.39, 0.29) is 18.2 Å². The molecule has 138 valence electrons. The van der Waals surface area contributed by atoms with Gasteiger partial charge in [-0.05, 0) is 44.4 Å². The summed E-state index contributed by atoms with van der Waals surface area (Å²) in [5.41, 5.74) is 1.95. The van der Waals surface area contributed by atoms with Crippen molar-refractivity contribution in [3.05, 3.63) is 24.3 Å². The van der Waals surface area contributed by atoms with E-state index < -0.39 is 0 Å². The molecule has 1 heterocycles. The lowest BCUT2D eigenvalue weighted by Crippen LogP contribution is -2.46. The molecule has 1 aliphatic heterocycles. The van der Waals surface area contributed by atoms with Crippen molar-refractivity contribution in [2.45, 2.75) is 44.8 Å². The fourth-order valence-corrected chi connectivity index (χ4v) is 3.72. The van der Waals surface area contributed by atoms with Crippen LogP contribution in [0.2, 0.25) is 0 Å². The molecule has 25 heavy (non-hydrogen) atoms. The number of urea groups is 1. The molecule has 0 spiro atoms. The molecule has 6 nitrogen and oxygen atoms in total. The molecule has 1 saturated carbocycles. The van der Waals surface area contributed by atoms with E-state index in [4.69, 9.17) is 0 Å². The van der Waals surface area contributed by atoms with Gasteiger partial charge in [0.1, 0.15) is 0 Å². The Bertz CT molecular complexity index is 564. The summed E-state index contributed by atoms with van der Waals surface area (Å²) in [7, 11) is 0. The normalized spacial score (nSPS) is 24.8. The zero-order valence-corrected chi connectivity index (χ0v) is 15.1. The topological polar surface area (TPSA) is 67.8 Å². The maximum absolute atomic E-state index is 12.4. The quantitative estimate of drug-likeness (QED) is 0.782. The minimum absolute atomic E-state index is 0.152. The predicted molar refractivity (Wildman–Crippen MR) is 101 cm³/mol. The van der Waals surface area contributed by atoms with Gasteiger partial charge >= 0.3 is 6.03 Å². The molecule has 3 rings (SSSR count). The van der Waals surface area contributed by atoms with Gasteiger partial charge in [0.15, 0.2) is 0 Å². The smallest absolute Gasteiger partial charge is 0.319 e. The second-order valence-electron chi connectivity index (χ2n) is 7.04. The molecule has 6 heteroatoms. The van der Waals surface area contributed by atoms with Gasteiger partial charge in [-0.15, -0.1) is 0 Å². The van der Waals surface area contributed by atoms with Gasteiger partial charge in [0.25, 0.3) is 0 Å². The number of carbonyl (C=O) groups is 1. The van der Waals surface area contributed by atoms with Gasteiger partial charge in [0, 0.05) is 32.2 Å². The maximum Gasteiger partial charge on any atom is 0.319 e. The van der Waals surface area contributed by atoms with E-state index in [2.05, 4.69) is 33.4 Å². The fraction of sp³-hybridized carbons (Fsp3) is 0.632. The van der Waals surface area contributed by atoms with E-state index in [0.717, 1.165) is 69.8 Å². The minimum atomic E-state index is -0.205. The van der Waals surface area contributed by atoms with Crippen molar-refractivity contribution in [3.8, 4) is 0 Å². The number of likely N-dealkylation sites (N-methyl/N-ethyl adjacent to an activating group) is 1. The molecular formula is C19H30N4O2. The number of amides is 2. The molecule has 1 saturated heterocycles. The lowest BCUT2D eigenvalue weighted by atomic mass is 9.93. The first-order chi connectivity index (χ1) is 12.2. The highest BCUT2D eigenvalue weighted by atomic mass is 16.3.